The first-order valence-electron chi connectivity index (χ1n) is 19.7. The molecule has 12 nitrogen and oxygen atoms in total. The van der Waals surface area contributed by atoms with E-state index in [0.717, 1.165) is 63.7 Å². The van der Waals surface area contributed by atoms with Gasteiger partial charge in [-0.25, -0.2) is 4.57 Å². The van der Waals surface area contributed by atoms with Gasteiger partial charge in [0.2, 0.25) is 0 Å². The molecule has 1 unspecified atom stereocenters. The Hall–Kier alpha value is -1.37. The average Bonchev–Trinajstić information content (AvgIpc) is 3.09. The lowest BCUT2D eigenvalue weighted by Gasteiger charge is -2.20. The minimum atomic E-state index is -4.65. The zero-order valence-electron chi connectivity index (χ0n) is 32.0. The lowest BCUT2D eigenvalue weighted by atomic mass is 10.0. The van der Waals surface area contributed by atoms with Gasteiger partial charge in [0.25, 0.3) is 0 Å². The summed E-state index contributed by atoms with van der Waals surface area (Å²) >= 11 is 0. The van der Waals surface area contributed by atoms with E-state index in [1.807, 2.05) is 6.08 Å². The molecule has 13 heteroatoms. The molecular weight excluding hydrogens is 679 g/mol. The summed E-state index contributed by atoms with van der Waals surface area (Å²) in [7, 11) is -4.65. The third kappa shape index (κ3) is 33.0. The first-order valence-corrected chi connectivity index (χ1v) is 21.2. The summed E-state index contributed by atoms with van der Waals surface area (Å²) in [6.07, 6.45) is 19.4. The number of hydrogen-bond donors (Lipinski definition) is 5. The Morgan fingerprint density at radius 3 is 1.80 bits per heavy atom. The maximum absolute atomic E-state index is 12.6. The van der Waals surface area contributed by atoms with Crippen molar-refractivity contribution >= 4 is 19.8 Å². The Morgan fingerprint density at radius 1 is 0.667 bits per heavy atom. The summed E-state index contributed by atoms with van der Waals surface area (Å²) in [5.74, 6) is -0.286. The Balaban J connectivity index is 4.48. The van der Waals surface area contributed by atoms with E-state index in [-0.39, 0.29) is 19.4 Å². The van der Waals surface area contributed by atoms with E-state index >= 15 is 0 Å². The van der Waals surface area contributed by atoms with Gasteiger partial charge >= 0.3 is 19.8 Å². The van der Waals surface area contributed by atoms with Crippen molar-refractivity contribution in [2.24, 2.45) is 5.92 Å². The summed E-state index contributed by atoms with van der Waals surface area (Å²) in [5.41, 5.74) is 0. The number of rotatable bonds is 36. The molecule has 5 N–H and O–H groups in total. The number of phosphoric ester groups is 1. The quantitative estimate of drug-likeness (QED) is 0.0184. The number of carbonyl (C=O) groups is 2. The van der Waals surface area contributed by atoms with E-state index in [2.05, 4.69) is 31.4 Å². The van der Waals surface area contributed by atoms with Gasteiger partial charge in [0.05, 0.1) is 32.0 Å². The van der Waals surface area contributed by atoms with E-state index in [0.29, 0.717) is 25.7 Å². The van der Waals surface area contributed by atoms with Gasteiger partial charge in [-0.05, 0) is 44.4 Å². The zero-order valence-corrected chi connectivity index (χ0v) is 32.9. The van der Waals surface area contributed by atoms with Crippen LogP contribution in [0.25, 0.3) is 0 Å². The molecule has 51 heavy (non-hydrogen) atoms. The van der Waals surface area contributed by atoms with Gasteiger partial charge in [0.15, 0.2) is 6.10 Å². The van der Waals surface area contributed by atoms with E-state index in [1.165, 1.54) is 44.9 Å². The van der Waals surface area contributed by atoms with Gasteiger partial charge < -0.3 is 34.8 Å². The third-order valence-corrected chi connectivity index (χ3v) is 9.50. The lowest BCUT2D eigenvalue weighted by Crippen LogP contribution is -2.29. The topological polar surface area (TPSA) is 189 Å². The molecule has 0 bridgehead atoms. The maximum atomic E-state index is 12.6. The van der Waals surface area contributed by atoms with Crippen LogP contribution in [0.2, 0.25) is 0 Å². The smallest absolute Gasteiger partial charge is 0.462 e. The van der Waals surface area contributed by atoms with E-state index in [4.69, 9.17) is 19.1 Å². The third-order valence-electron chi connectivity index (χ3n) is 8.55. The number of hydrogen-bond acceptors (Lipinski definition) is 11. The van der Waals surface area contributed by atoms with Crippen LogP contribution in [0.5, 0.6) is 0 Å². The molecule has 0 rings (SSSR count). The van der Waals surface area contributed by atoms with Gasteiger partial charge in [-0.2, -0.15) is 0 Å². The van der Waals surface area contributed by atoms with Crippen LogP contribution in [-0.2, 0) is 32.7 Å². The highest BCUT2D eigenvalue weighted by Crippen LogP contribution is 2.43. The molecular formula is C38H73O12P. The second kappa shape index (κ2) is 33.2. The molecule has 0 aliphatic carbocycles. The molecule has 0 aliphatic heterocycles. The van der Waals surface area contributed by atoms with Crippen molar-refractivity contribution in [2.75, 3.05) is 26.4 Å². The summed E-state index contributed by atoms with van der Waals surface area (Å²) in [5, 5.41) is 38.7. The van der Waals surface area contributed by atoms with Crippen molar-refractivity contribution in [3.63, 3.8) is 0 Å². The normalized spacial score (nSPS) is 15.5. The largest absolute Gasteiger partial charge is 0.472 e. The highest BCUT2D eigenvalue weighted by atomic mass is 31.2. The summed E-state index contributed by atoms with van der Waals surface area (Å²) < 4.78 is 32.5. The number of aliphatic hydroxyl groups is 4. The fourth-order valence-electron chi connectivity index (χ4n) is 5.32. The van der Waals surface area contributed by atoms with Crippen LogP contribution in [0.4, 0.5) is 0 Å². The van der Waals surface area contributed by atoms with Crippen molar-refractivity contribution in [3.8, 4) is 0 Å². The van der Waals surface area contributed by atoms with Crippen molar-refractivity contribution in [1.29, 1.82) is 0 Å². The second-order valence-electron chi connectivity index (χ2n) is 14.1. The molecule has 5 atom stereocenters. The minimum Gasteiger partial charge on any atom is -0.462 e. The van der Waals surface area contributed by atoms with Gasteiger partial charge in [0.1, 0.15) is 12.7 Å². The molecule has 0 amide bonds. The van der Waals surface area contributed by atoms with Crippen molar-refractivity contribution in [3.05, 3.63) is 12.2 Å². The van der Waals surface area contributed by atoms with Crippen LogP contribution in [0.3, 0.4) is 0 Å². The molecule has 0 fully saturated rings. The summed E-state index contributed by atoms with van der Waals surface area (Å²) in [6.45, 7) is 4.39. The molecule has 0 saturated heterocycles. The fourth-order valence-corrected chi connectivity index (χ4v) is 6.11. The SMILES string of the molecule is CCCCC/C=C\C[C@H](O)[C@@H](O)CCCCCCCC(=O)O[C@H](COC(=O)CCCCCCCCCCC(C)C)COP(=O)(O)OC[C@@H](O)CO. The molecule has 0 heterocycles. The first kappa shape index (κ1) is 49.6. The van der Waals surface area contributed by atoms with Crippen molar-refractivity contribution in [1.82, 2.24) is 0 Å². The number of phosphoric acid groups is 1. The molecule has 0 radical (unpaired) electrons. The molecule has 0 aromatic carbocycles. The molecule has 0 saturated carbocycles. The number of aliphatic hydroxyl groups excluding tert-OH is 4. The number of carbonyl (C=O) groups excluding carboxylic acids is 2. The first-order chi connectivity index (χ1) is 24.4. The van der Waals surface area contributed by atoms with Gasteiger partial charge in [-0.1, -0.05) is 123 Å². The van der Waals surface area contributed by atoms with E-state index in [9.17, 15) is 34.4 Å². The fraction of sp³-hybridized carbons (Fsp3) is 0.895. The predicted octanol–water partition coefficient (Wildman–Crippen LogP) is 7.46. The molecule has 0 aromatic rings. The number of esters is 2. The standard InChI is InChI=1S/C38H73O12P/c1-4-5-6-7-14-19-24-35(41)36(42)25-20-15-12-17-22-27-38(44)50-34(31-49-51(45,46)48-29-33(40)28-39)30-47-37(43)26-21-16-11-9-8-10-13-18-23-32(2)3/h14,19,32-36,39-42H,4-13,15-18,20-31H2,1-3H3,(H,45,46)/b19-14-/t33-,34+,35-,36-/m0/s1. The van der Waals surface area contributed by atoms with Crippen LogP contribution in [-0.4, -0.2) is 88.1 Å². The average molecular weight is 753 g/mol. The van der Waals surface area contributed by atoms with Crippen LogP contribution in [0.15, 0.2) is 12.2 Å². The Bertz CT molecular complexity index is 915. The maximum Gasteiger partial charge on any atom is 0.472 e. The number of unbranched alkanes of at least 4 members (excludes halogenated alkanes) is 14. The van der Waals surface area contributed by atoms with Crippen LogP contribution < -0.4 is 0 Å². The molecule has 0 aliphatic rings. The van der Waals surface area contributed by atoms with Gasteiger partial charge in [-0.15, -0.1) is 0 Å². The summed E-state index contributed by atoms with van der Waals surface area (Å²) in [4.78, 5) is 34.8. The van der Waals surface area contributed by atoms with Crippen molar-refractivity contribution in [2.45, 2.75) is 186 Å². The summed E-state index contributed by atoms with van der Waals surface area (Å²) in [6, 6.07) is 0. The Labute approximate surface area is 308 Å². The zero-order chi connectivity index (χ0) is 38.2. The van der Waals surface area contributed by atoms with E-state index < -0.39 is 64.0 Å². The highest BCUT2D eigenvalue weighted by molar-refractivity contribution is 7.47. The highest BCUT2D eigenvalue weighted by Gasteiger charge is 2.27. The van der Waals surface area contributed by atoms with Crippen molar-refractivity contribution < 1.29 is 58.0 Å². The Morgan fingerprint density at radius 2 is 1.22 bits per heavy atom. The van der Waals surface area contributed by atoms with E-state index in [1.54, 1.807) is 0 Å². The molecule has 0 aromatic heterocycles. The second-order valence-corrected chi connectivity index (χ2v) is 15.5. The predicted molar refractivity (Wildman–Crippen MR) is 199 cm³/mol. The minimum absolute atomic E-state index is 0.0874. The Kier molecular flexibility index (Phi) is 32.3. The van der Waals surface area contributed by atoms with Gasteiger partial charge in [0, 0.05) is 12.8 Å². The van der Waals surface area contributed by atoms with Crippen LogP contribution in [0.1, 0.15) is 162 Å². The lowest BCUT2D eigenvalue weighted by molar-refractivity contribution is -0.161. The van der Waals surface area contributed by atoms with Crippen LogP contribution >= 0.6 is 7.82 Å². The molecule has 302 valence electrons. The number of allylic oxidation sites excluding steroid dienone is 1. The van der Waals surface area contributed by atoms with Gasteiger partial charge in [-0.3, -0.25) is 18.6 Å². The van der Waals surface area contributed by atoms with Crippen LogP contribution in [0, 0.1) is 5.92 Å². The molecule has 0 spiro atoms. The monoisotopic (exact) mass is 752 g/mol. The number of ether oxygens (including phenoxy) is 2.